The summed E-state index contributed by atoms with van der Waals surface area (Å²) < 4.78 is 32.0. The van der Waals surface area contributed by atoms with E-state index in [-0.39, 0.29) is 23.0 Å². The maximum atomic E-state index is 13.0. The summed E-state index contributed by atoms with van der Waals surface area (Å²) in [5.74, 6) is -1.49. The number of aliphatic carboxylic acids is 1. The van der Waals surface area contributed by atoms with Gasteiger partial charge in [0.2, 0.25) is 10.0 Å². The van der Waals surface area contributed by atoms with Crippen molar-refractivity contribution in [2.75, 3.05) is 33.8 Å². The van der Waals surface area contributed by atoms with E-state index >= 15 is 0 Å². The van der Waals surface area contributed by atoms with E-state index in [1.807, 2.05) is 0 Å². The first-order valence-electron chi connectivity index (χ1n) is 8.28. The lowest BCUT2D eigenvalue weighted by Gasteiger charge is -2.35. The van der Waals surface area contributed by atoms with E-state index in [1.165, 1.54) is 23.5 Å². The second-order valence-electron chi connectivity index (χ2n) is 6.42. The molecular formula is C17H24N2O6S. The van der Waals surface area contributed by atoms with Crippen molar-refractivity contribution in [3.8, 4) is 0 Å². The molecule has 1 aromatic carbocycles. The van der Waals surface area contributed by atoms with Crippen molar-refractivity contribution in [3.63, 3.8) is 0 Å². The molecule has 26 heavy (non-hydrogen) atoms. The zero-order chi connectivity index (χ0) is 19.5. The molecule has 2 rings (SSSR count). The molecule has 1 saturated heterocycles. The van der Waals surface area contributed by atoms with Gasteiger partial charge in [0, 0.05) is 19.1 Å². The van der Waals surface area contributed by atoms with Crippen LogP contribution in [0.4, 0.5) is 0 Å². The van der Waals surface area contributed by atoms with E-state index in [1.54, 1.807) is 24.9 Å². The number of benzene rings is 1. The van der Waals surface area contributed by atoms with Gasteiger partial charge in [-0.2, -0.15) is 4.31 Å². The summed E-state index contributed by atoms with van der Waals surface area (Å²) in [4.78, 5) is 24.4. The number of carbonyl (C=O) groups is 2. The van der Waals surface area contributed by atoms with Crippen LogP contribution in [-0.4, -0.2) is 74.5 Å². The number of carbonyl (C=O) groups excluding carboxylic acids is 1. The fourth-order valence-electron chi connectivity index (χ4n) is 3.13. The van der Waals surface area contributed by atoms with Crippen molar-refractivity contribution in [2.24, 2.45) is 0 Å². The van der Waals surface area contributed by atoms with Crippen LogP contribution in [0.3, 0.4) is 0 Å². The number of methoxy groups -OCH3 is 1. The number of hydrogen-bond acceptors (Lipinski definition) is 6. The average Bonchev–Trinajstić information content (AvgIpc) is 2.60. The fraction of sp³-hybridized carbons (Fsp3) is 0.529. The topological polar surface area (TPSA) is 104 Å². The summed E-state index contributed by atoms with van der Waals surface area (Å²) >= 11 is 0. The highest BCUT2D eigenvalue weighted by molar-refractivity contribution is 7.89. The summed E-state index contributed by atoms with van der Waals surface area (Å²) in [6, 6.07) is 4.50. The summed E-state index contributed by atoms with van der Waals surface area (Å²) in [5.41, 5.74) is 0.746. The van der Waals surface area contributed by atoms with Crippen LogP contribution in [0, 0.1) is 6.92 Å². The third-order valence-corrected chi connectivity index (χ3v) is 6.70. The lowest BCUT2D eigenvalue weighted by molar-refractivity contribution is -0.138. The Morgan fingerprint density at radius 3 is 2.46 bits per heavy atom. The molecular weight excluding hydrogens is 360 g/mol. The Labute approximate surface area is 153 Å². The Morgan fingerprint density at radius 1 is 1.31 bits per heavy atom. The smallest absolute Gasteiger partial charge is 0.337 e. The first-order chi connectivity index (χ1) is 12.2. The average molecular weight is 384 g/mol. The van der Waals surface area contributed by atoms with Gasteiger partial charge in [-0.15, -0.1) is 0 Å². The van der Waals surface area contributed by atoms with Gasteiger partial charge in [0.25, 0.3) is 0 Å². The largest absolute Gasteiger partial charge is 0.480 e. The Morgan fingerprint density at radius 2 is 1.92 bits per heavy atom. The van der Waals surface area contributed by atoms with E-state index in [0.29, 0.717) is 31.5 Å². The SMILES string of the molecule is COC(=O)c1ccc(C)c(S(=O)(=O)N2CCC(N(C)CC(=O)O)CC2)c1. The third-order valence-electron chi connectivity index (χ3n) is 4.66. The monoisotopic (exact) mass is 384 g/mol. The lowest BCUT2D eigenvalue weighted by atomic mass is 10.1. The molecule has 1 heterocycles. The predicted molar refractivity (Wildman–Crippen MR) is 94.6 cm³/mol. The van der Waals surface area contributed by atoms with Crippen LogP contribution in [0.25, 0.3) is 0 Å². The van der Waals surface area contributed by atoms with Gasteiger partial charge in [0.1, 0.15) is 0 Å². The predicted octanol–water partition coefficient (Wildman–Crippen LogP) is 0.951. The number of esters is 1. The van der Waals surface area contributed by atoms with Gasteiger partial charge in [-0.1, -0.05) is 6.07 Å². The second-order valence-corrected chi connectivity index (χ2v) is 8.32. The molecule has 1 aromatic rings. The van der Waals surface area contributed by atoms with E-state index < -0.39 is 22.0 Å². The minimum atomic E-state index is -3.74. The summed E-state index contributed by atoms with van der Waals surface area (Å²) in [6.45, 7) is 2.22. The molecule has 1 fully saturated rings. The highest BCUT2D eigenvalue weighted by Crippen LogP contribution is 2.26. The number of rotatable bonds is 6. The van der Waals surface area contributed by atoms with Crippen molar-refractivity contribution < 1.29 is 27.9 Å². The third kappa shape index (κ3) is 4.40. The van der Waals surface area contributed by atoms with Crippen molar-refractivity contribution >= 4 is 22.0 Å². The van der Waals surface area contributed by atoms with Crippen LogP contribution < -0.4 is 0 Å². The Balaban J connectivity index is 2.17. The second kappa shape index (κ2) is 8.15. The molecule has 0 unspecified atom stereocenters. The summed E-state index contributed by atoms with van der Waals surface area (Å²) in [5, 5.41) is 8.88. The van der Waals surface area contributed by atoms with Crippen LogP contribution in [0.5, 0.6) is 0 Å². The molecule has 0 bridgehead atoms. The van der Waals surface area contributed by atoms with Crippen molar-refractivity contribution in [3.05, 3.63) is 29.3 Å². The standard InChI is InChI=1S/C17H24N2O6S/c1-12-4-5-13(17(22)25-3)10-15(12)26(23,24)19-8-6-14(7-9-19)18(2)11-16(20)21/h4-5,10,14H,6-9,11H2,1-3H3,(H,20,21). The zero-order valence-corrected chi connectivity index (χ0v) is 16.0. The molecule has 9 heteroatoms. The molecule has 1 aliphatic heterocycles. The van der Waals surface area contributed by atoms with E-state index in [4.69, 9.17) is 5.11 Å². The van der Waals surface area contributed by atoms with Crippen LogP contribution in [0.1, 0.15) is 28.8 Å². The Bertz CT molecular complexity index is 784. The minimum Gasteiger partial charge on any atom is -0.480 e. The Hall–Kier alpha value is -1.97. The molecule has 0 aliphatic carbocycles. The number of aryl methyl sites for hydroxylation is 1. The number of sulfonamides is 1. The molecule has 8 nitrogen and oxygen atoms in total. The Kier molecular flexibility index (Phi) is 6.38. The number of ether oxygens (including phenoxy) is 1. The van der Waals surface area contributed by atoms with Gasteiger partial charge in [0.05, 0.1) is 24.1 Å². The van der Waals surface area contributed by atoms with Crippen molar-refractivity contribution in [2.45, 2.75) is 30.7 Å². The van der Waals surface area contributed by atoms with Gasteiger partial charge in [-0.05, 0) is 44.5 Å². The molecule has 0 amide bonds. The van der Waals surface area contributed by atoms with Crippen LogP contribution >= 0.6 is 0 Å². The molecule has 0 saturated carbocycles. The number of nitrogens with zero attached hydrogens (tertiary/aromatic N) is 2. The van der Waals surface area contributed by atoms with Gasteiger partial charge >= 0.3 is 11.9 Å². The maximum Gasteiger partial charge on any atom is 0.337 e. The summed E-state index contributed by atoms with van der Waals surface area (Å²) in [6.07, 6.45) is 1.11. The first kappa shape index (κ1) is 20.3. The first-order valence-corrected chi connectivity index (χ1v) is 9.72. The van der Waals surface area contributed by atoms with E-state index in [2.05, 4.69) is 4.74 Å². The number of piperidine rings is 1. The number of carboxylic acid groups (broad SMARTS) is 1. The van der Waals surface area contributed by atoms with Crippen molar-refractivity contribution in [1.29, 1.82) is 0 Å². The minimum absolute atomic E-state index is 0.0278. The van der Waals surface area contributed by atoms with Gasteiger partial charge < -0.3 is 9.84 Å². The molecule has 144 valence electrons. The highest BCUT2D eigenvalue weighted by Gasteiger charge is 2.32. The highest BCUT2D eigenvalue weighted by atomic mass is 32.2. The molecule has 0 atom stereocenters. The quantitative estimate of drug-likeness (QED) is 0.728. The maximum absolute atomic E-state index is 13.0. The normalized spacial score (nSPS) is 16.6. The van der Waals surface area contributed by atoms with Crippen LogP contribution in [0.2, 0.25) is 0 Å². The molecule has 0 aromatic heterocycles. The lowest BCUT2D eigenvalue weighted by Crippen LogP contribution is -2.46. The molecule has 0 radical (unpaired) electrons. The number of carboxylic acids is 1. The van der Waals surface area contributed by atoms with Gasteiger partial charge in [-0.25, -0.2) is 13.2 Å². The number of likely N-dealkylation sites (N-methyl/N-ethyl adjacent to an activating group) is 1. The van der Waals surface area contributed by atoms with Crippen molar-refractivity contribution in [1.82, 2.24) is 9.21 Å². The van der Waals surface area contributed by atoms with Crippen LogP contribution in [-0.2, 0) is 19.6 Å². The summed E-state index contributed by atoms with van der Waals surface area (Å²) in [7, 11) is -0.765. The van der Waals surface area contributed by atoms with Crippen LogP contribution in [0.15, 0.2) is 23.1 Å². The van der Waals surface area contributed by atoms with E-state index in [9.17, 15) is 18.0 Å². The molecule has 0 spiro atoms. The molecule has 1 N–H and O–H groups in total. The molecule has 1 aliphatic rings. The number of hydrogen-bond donors (Lipinski definition) is 1. The zero-order valence-electron chi connectivity index (χ0n) is 15.1. The van der Waals surface area contributed by atoms with Gasteiger partial charge in [-0.3, -0.25) is 9.69 Å². The van der Waals surface area contributed by atoms with E-state index in [0.717, 1.165) is 0 Å². The van der Waals surface area contributed by atoms with Gasteiger partial charge in [0.15, 0.2) is 0 Å². The fourth-order valence-corrected chi connectivity index (χ4v) is 4.85.